The van der Waals surface area contributed by atoms with Crippen molar-refractivity contribution in [1.82, 2.24) is 9.97 Å². The maximum atomic E-state index is 12.6. The highest BCUT2D eigenvalue weighted by molar-refractivity contribution is 6.08. The Balaban J connectivity index is 2.36. The lowest BCUT2D eigenvalue weighted by Crippen LogP contribution is -2.31. The van der Waals surface area contributed by atoms with Crippen molar-refractivity contribution in [2.75, 3.05) is 23.8 Å². The quantitative estimate of drug-likeness (QED) is 0.911. The number of amides is 1. The van der Waals surface area contributed by atoms with Gasteiger partial charge in [0.15, 0.2) is 0 Å². The monoisotopic (exact) mass is 256 g/mol. The van der Waals surface area contributed by atoms with Gasteiger partial charge < -0.3 is 10.2 Å². The van der Waals surface area contributed by atoms with Crippen LogP contribution in [0.4, 0.5) is 11.5 Å². The molecule has 0 aliphatic heterocycles. The third kappa shape index (κ3) is 2.70. The number of aromatic nitrogens is 2. The SMILES string of the molecule is CCN(C(=O)c1cccnc1NC)c1ccncc1. The predicted molar refractivity (Wildman–Crippen MR) is 75.4 cm³/mol. The van der Waals surface area contributed by atoms with E-state index in [1.54, 1.807) is 42.7 Å². The van der Waals surface area contributed by atoms with Crippen LogP contribution in [-0.2, 0) is 0 Å². The highest BCUT2D eigenvalue weighted by Crippen LogP contribution is 2.19. The highest BCUT2D eigenvalue weighted by atomic mass is 16.2. The summed E-state index contributed by atoms with van der Waals surface area (Å²) in [5.74, 6) is 0.506. The number of nitrogens with zero attached hydrogens (tertiary/aromatic N) is 3. The summed E-state index contributed by atoms with van der Waals surface area (Å²) in [4.78, 5) is 22.4. The van der Waals surface area contributed by atoms with Gasteiger partial charge in [-0.05, 0) is 31.2 Å². The summed E-state index contributed by atoms with van der Waals surface area (Å²) in [6.07, 6.45) is 5.01. The number of carbonyl (C=O) groups excluding carboxylic acids is 1. The summed E-state index contributed by atoms with van der Waals surface area (Å²) in [7, 11) is 1.75. The lowest BCUT2D eigenvalue weighted by atomic mass is 10.2. The van der Waals surface area contributed by atoms with Crippen LogP contribution in [0.2, 0.25) is 0 Å². The second kappa shape index (κ2) is 5.95. The number of carbonyl (C=O) groups is 1. The van der Waals surface area contributed by atoms with Crippen molar-refractivity contribution >= 4 is 17.4 Å². The molecule has 0 aromatic carbocycles. The molecule has 98 valence electrons. The zero-order valence-electron chi connectivity index (χ0n) is 11.0. The van der Waals surface area contributed by atoms with Crippen LogP contribution in [0.15, 0.2) is 42.9 Å². The molecule has 0 aliphatic rings. The van der Waals surface area contributed by atoms with Gasteiger partial charge in [-0.15, -0.1) is 0 Å². The fraction of sp³-hybridized carbons (Fsp3) is 0.214. The van der Waals surface area contributed by atoms with E-state index in [-0.39, 0.29) is 5.91 Å². The molecular weight excluding hydrogens is 240 g/mol. The molecule has 2 rings (SSSR count). The van der Waals surface area contributed by atoms with Gasteiger partial charge in [0.1, 0.15) is 5.82 Å². The molecule has 0 aliphatic carbocycles. The van der Waals surface area contributed by atoms with Gasteiger partial charge in [-0.25, -0.2) is 4.98 Å². The van der Waals surface area contributed by atoms with E-state index in [4.69, 9.17) is 0 Å². The van der Waals surface area contributed by atoms with E-state index in [9.17, 15) is 4.79 Å². The summed E-state index contributed by atoms with van der Waals surface area (Å²) >= 11 is 0. The molecule has 0 saturated heterocycles. The average molecular weight is 256 g/mol. The molecule has 0 unspecified atom stereocenters. The normalized spacial score (nSPS) is 10.0. The van der Waals surface area contributed by atoms with Crippen LogP contribution in [-0.4, -0.2) is 29.5 Å². The first-order valence-electron chi connectivity index (χ1n) is 6.12. The van der Waals surface area contributed by atoms with E-state index in [2.05, 4.69) is 15.3 Å². The molecule has 0 fully saturated rings. The Morgan fingerprint density at radius 1 is 1.26 bits per heavy atom. The first kappa shape index (κ1) is 13.0. The van der Waals surface area contributed by atoms with Gasteiger partial charge in [0.2, 0.25) is 0 Å². The summed E-state index contributed by atoms with van der Waals surface area (Å²) in [5.41, 5.74) is 1.39. The molecule has 2 heterocycles. The molecule has 0 saturated carbocycles. The second-order valence-corrected chi connectivity index (χ2v) is 3.90. The Morgan fingerprint density at radius 2 is 2.00 bits per heavy atom. The number of hydrogen-bond acceptors (Lipinski definition) is 4. The zero-order chi connectivity index (χ0) is 13.7. The Morgan fingerprint density at radius 3 is 2.63 bits per heavy atom. The van der Waals surface area contributed by atoms with Crippen molar-refractivity contribution in [2.45, 2.75) is 6.92 Å². The largest absolute Gasteiger partial charge is 0.372 e. The lowest BCUT2D eigenvalue weighted by molar-refractivity contribution is 0.0989. The van der Waals surface area contributed by atoms with Crippen molar-refractivity contribution in [3.8, 4) is 0 Å². The fourth-order valence-electron chi connectivity index (χ4n) is 1.89. The minimum atomic E-state index is -0.0776. The van der Waals surface area contributed by atoms with Crippen molar-refractivity contribution in [3.05, 3.63) is 48.4 Å². The van der Waals surface area contributed by atoms with Crippen LogP contribution in [0.3, 0.4) is 0 Å². The minimum Gasteiger partial charge on any atom is -0.372 e. The standard InChI is InChI=1S/C14H16N4O/c1-3-18(11-6-9-16-10-7-11)14(19)12-5-4-8-17-13(12)15-2/h4-10H,3H2,1-2H3,(H,15,17). The van der Waals surface area contributed by atoms with E-state index in [1.807, 2.05) is 19.1 Å². The molecule has 1 N–H and O–H groups in total. The van der Waals surface area contributed by atoms with Gasteiger partial charge >= 0.3 is 0 Å². The number of pyridine rings is 2. The van der Waals surface area contributed by atoms with Crippen molar-refractivity contribution in [2.24, 2.45) is 0 Å². The highest BCUT2D eigenvalue weighted by Gasteiger charge is 2.19. The number of rotatable bonds is 4. The van der Waals surface area contributed by atoms with E-state index >= 15 is 0 Å². The van der Waals surface area contributed by atoms with Gasteiger partial charge in [0.05, 0.1) is 5.56 Å². The Kier molecular flexibility index (Phi) is 4.07. The summed E-state index contributed by atoms with van der Waals surface area (Å²) < 4.78 is 0. The van der Waals surface area contributed by atoms with Crippen LogP contribution >= 0.6 is 0 Å². The lowest BCUT2D eigenvalue weighted by Gasteiger charge is -2.21. The van der Waals surface area contributed by atoms with Gasteiger partial charge in [-0.3, -0.25) is 9.78 Å². The molecule has 2 aromatic heterocycles. The second-order valence-electron chi connectivity index (χ2n) is 3.90. The van der Waals surface area contributed by atoms with E-state index in [0.29, 0.717) is 17.9 Å². The third-order valence-corrected chi connectivity index (χ3v) is 2.81. The maximum Gasteiger partial charge on any atom is 0.262 e. The van der Waals surface area contributed by atoms with Gasteiger partial charge in [-0.1, -0.05) is 0 Å². The molecule has 0 bridgehead atoms. The molecule has 2 aromatic rings. The first-order chi connectivity index (χ1) is 9.27. The van der Waals surface area contributed by atoms with Crippen LogP contribution in [0.1, 0.15) is 17.3 Å². The number of hydrogen-bond donors (Lipinski definition) is 1. The van der Waals surface area contributed by atoms with E-state index in [1.165, 1.54) is 0 Å². The fourth-order valence-corrected chi connectivity index (χ4v) is 1.89. The molecule has 19 heavy (non-hydrogen) atoms. The predicted octanol–water partition coefficient (Wildman–Crippen LogP) is 2.18. The molecule has 0 radical (unpaired) electrons. The third-order valence-electron chi connectivity index (χ3n) is 2.81. The van der Waals surface area contributed by atoms with Crippen LogP contribution in [0.5, 0.6) is 0 Å². The molecule has 5 heteroatoms. The molecule has 1 amide bonds. The molecule has 0 atom stereocenters. The summed E-state index contributed by atoms with van der Waals surface area (Å²) in [5, 5.41) is 2.94. The summed E-state index contributed by atoms with van der Waals surface area (Å²) in [6.45, 7) is 2.52. The molecule has 0 spiro atoms. The Labute approximate surface area is 112 Å². The first-order valence-corrected chi connectivity index (χ1v) is 6.12. The maximum absolute atomic E-state index is 12.6. The molecule has 5 nitrogen and oxygen atoms in total. The topological polar surface area (TPSA) is 58.1 Å². The Bertz CT molecular complexity index is 556. The van der Waals surface area contributed by atoms with Gasteiger partial charge in [0, 0.05) is 37.9 Å². The van der Waals surface area contributed by atoms with Crippen LogP contribution < -0.4 is 10.2 Å². The van der Waals surface area contributed by atoms with Crippen LogP contribution in [0, 0.1) is 0 Å². The zero-order valence-corrected chi connectivity index (χ0v) is 11.0. The van der Waals surface area contributed by atoms with Gasteiger partial charge in [0.25, 0.3) is 5.91 Å². The van der Waals surface area contributed by atoms with E-state index in [0.717, 1.165) is 5.69 Å². The molecular formula is C14H16N4O. The van der Waals surface area contributed by atoms with Gasteiger partial charge in [-0.2, -0.15) is 0 Å². The van der Waals surface area contributed by atoms with Crippen molar-refractivity contribution in [1.29, 1.82) is 0 Å². The van der Waals surface area contributed by atoms with Crippen LogP contribution in [0.25, 0.3) is 0 Å². The average Bonchev–Trinajstić information content (AvgIpc) is 2.49. The number of nitrogens with one attached hydrogen (secondary N) is 1. The number of anilines is 2. The summed E-state index contributed by atoms with van der Waals surface area (Å²) in [6, 6.07) is 7.16. The van der Waals surface area contributed by atoms with Crippen molar-refractivity contribution < 1.29 is 4.79 Å². The minimum absolute atomic E-state index is 0.0776. The smallest absolute Gasteiger partial charge is 0.262 e. The van der Waals surface area contributed by atoms with Crippen molar-refractivity contribution in [3.63, 3.8) is 0 Å². The van der Waals surface area contributed by atoms with E-state index < -0.39 is 0 Å². The Hall–Kier alpha value is -2.43.